The van der Waals surface area contributed by atoms with Crippen LogP contribution < -0.4 is 0 Å². The van der Waals surface area contributed by atoms with Gasteiger partial charge in [0.2, 0.25) is 0 Å². The maximum atomic E-state index is 6.69. The third kappa shape index (κ3) is 3.28. The lowest BCUT2D eigenvalue weighted by Gasteiger charge is -2.21. The molecular formula is C19H18ClN. The number of hydrogen-bond acceptors (Lipinski definition) is 1. The highest BCUT2D eigenvalue weighted by molar-refractivity contribution is 6.24. The molecule has 0 spiro atoms. The second-order valence-corrected chi connectivity index (χ2v) is 6.39. The number of pyridine rings is 1. The second-order valence-electron chi connectivity index (χ2n) is 5.66. The number of rotatable bonds is 1. The van der Waals surface area contributed by atoms with Crippen molar-refractivity contribution in [3.05, 3.63) is 65.0 Å². The molecule has 3 rings (SSSR count). The summed E-state index contributed by atoms with van der Waals surface area (Å²) in [6, 6.07) is 14.2. The van der Waals surface area contributed by atoms with Crippen LogP contribution in [0.1, 0.15) is 48.2 Å². The van der Waals surface area contributed by atoms with Crippen molar-refractivity contribution in [2.24, 2.45) is 0 Å². The molecule has 0 bridgehead atoms. The predicted molar refractivity (Wildman–Crippen MR) is 87.4 cm³/mol. The van der Waals surface area contributed by atoms with Crippen molar-refractivity contribution in [2.75, 3.05) is 0 Å². The smallest absolute Gasteiger partial charge is 0.113 e. The van der Waals surface area contributed by atoms with Crippen molar-refractivity contribution in [3.63, 3.8) is 0 Å². The summed E-state index contributed by atoms with van der Waals surface area (Å²) in [4.78, 5) is 4.24. The fourth-order valence-electron chi connectivity index (χ4n) is 2.83. The highest BCUT2D eigenvalue weighted by Gasteiger charge is 2.32. The van der Waals surface area contributed by atoms with Crippen LogP contribution in [0.5, 0.6) is 0 Å². The summed E-state index contributed by atoms with van der Waals surface area (Å²) in [6.45, 7) is 1.97. The number of alkyl halides is 1. The van der Waals surface area contributed by atoms with Gasteiger partial charge in [0.25, 0.3) is 0 Å². The maximum absolute atomic E-state index is 6.69. The molecule has 0 aliphatic heterocycles. The van der Waals surface area contributed by atoms with Gasteiger partial charge in [-0.2, -0.15) is 0 Å². The molecule has 0 unspecified atom stereocenters. The third-order valence-electron chi connectivity index (χ3n) is 4.02. The molecule has 106 valence electrons. The van der Waals surface area contributed by atoms with Gasteiger partial charge < -0.3 is 0 Å². The van der Waals surface area contributed by atoms with Crippen LogP contribution in [-0.2, 0) is 4.87 Å². The van der Waals surface area contributed by atoms with Gasteiger partial charge in [-0.05, 0) is 55.5 Å². The van der Waals surface area contributed by atoms with Gasteiger partial charge in [0.1, 0.15) is 5.69 Å². The number of aryl methyl sites for hydroxylation is 1. The Morgan fingerprint density at radius 3 is 2.38 bits per heavy atom. The van der Waals surface area contributed by atoms with Crippen LogP contribution in [0.15, 0.2) is 42.5 Å². The first-order chi connectivity index (χ1) is 10.2. The Balaban J connectivity index is 1.79. The largest absolute Gasteiger partial charge is 0.245 e. The molecule has 0 saturated heterocycles. The van der Waals surface area contributed by atoms with E-state index in [-0.39, 0.29) is 4.87 Å². The first-order valence-corrected chi connectivity index (χ1v) is 7.79. The van der Waals surface area contributed by atoms with E-state index in [1.165, 1.54) is 18.4 Å². The van der Waals surface area contributed by atoms with E-state index in [4.69, 9.17) is 11.6 Å². The summed E-state index contributed by atoms with van der Waals surface area (Å²) in [7, 11) is 0. The fraction of sp³-hybridized carbons (Fsp3) is 0.316. The van der Waals surface area contributed by atoms with Crippen LogP contribution in [0.4, 0.5) is 0 Å². The molecule has 1 aliphatic carbocycles. The molecule has 2 aromatic rings. The number of aromatic nitrogens is 1. The van der Waals surface area contributed by atoms with E-state index in [0.717, 1.165) is 29.8 Å². The van der Waals surface area contributed by atoms with E-state index in [2.05, 4.69) is 41.1 Å². The third-order valence-corrected chi connectivity index (χ3v) is 4.62. The number of halogens is 1. The van der Waals surface area contributed by atoms with Crippen molar-refractivity contribution in [3.8, 4) is 11.8 Å². The summed E-state index contributed by atoms with van der Waals surface area (Å²) in [5.74, 6) is 6.27. The Labute approximate surface area is 131 Å². The van der Waals surface area contributed by atoms with Crippen LogP contribution in [0.2, 0.25) is 0 Å². The highest BCUT2D eigenvalue weighted by Crippen LogP contribution is 2.44. The van der Waals surface area contributed by atoms with Crippen LogP contribution in [0, 0.1) is 18.8 Å². The lowest BCUT2D eigenvalue weighted by atomic mass is 9.96. The summed E-state index contributed by atoms with van der Waals surface area (Å²) >= 11 is 6.69. The van der Waals surface area contributed by atoms with Gasteiger partial charge in [0.05, 0.1) is 4.87 Å². The predicted octanol–water partition coefficient (Wildman–Crippen LogP) is 4.80. The zero-order valence-electron chi connectivity index (χ0n) is 12.2. The van der Waals surface area contributed by atoms with Crippen molar-refractivity contribution < 1.29 is 0 Å². The summed E-state index contributed by atoms with van der Waals surface area (Å²) in [5.41, 5.74) is 4.02. The number of nitrogens with zero attached hydrogens (tertiary/aromatic N) is 1. The Morgan fingerprint density at radius 1 is 1.00 bits per heavy atom. The van der Waals surface area contributed by atoms with Crippen LogP contribution in [0.3, 0.4) is 0 Å². The van der Waals surface area contributed by atoms with E-state index in [1.54, 1.807) is 0 Å². The monoisotopic (exact) mass is 295 g/mol. The zero-order valence-corrected chi connectivity index (χ0v) is 13.0. The van der Waals surface area contributed by atoms with E-state index in [0.29, 0.717) is 0 Å². The lowest BCUT2D eigenvalue weighted by Crippen LogP contribution is -2.12. The van der Waals surface area contributed by atoms with Crippen molar-refractivity contribution in [2.45, 2.75) is 37.5 Å². The van der Waals surface area contributed by atoms with Crippen LogP contribution in [-0.4, -0.2) is 4.98 Å². The van der Waals surface area contributed by atoms with Gasteiger partial charge in [-0.1, -0.05) is 37.0 Å². The molecule has 0 atom stereocenters. The molecule has 1 aromatic heterocycles. The van der Waals surface area contributed by atoms with Gasteiger partial charge in [0, 0.05) is 11.3 Å². The Kier molecular flexibility index (Phi) is 3.99. The molecule has 1 aliphatic rings. The molecule has 0 amide bonds. The minimum atomic E-state index is -0.149. The Hall–Kier alpha value is -1.78. The molecule has 21 heavy (non-hydrogen) atoms. The summed E-state index contributed by atoms with van der Waals surface area (Å²) in [6.07, 6.45) is 4.60. The van der Waals surface area contributed by atoms with Crippen LogP contribution >= 0.6 is 11.6 Å². The van der Waals surface area contributed by atoms with Gasteiger partial charge in [-0.3, -0.25) is 0 Å². The average Bonchev–Trinajstić information content (AvgIpc) is 2.94. The molecule has 2 heteroatoms. The number of benzene rings is 1. The van der Waals surface area contributed by atoms with Crippen molar-refractivity contribution in [1.82, 2.24) is 4.98 Å². The van der Waals surface area contributed by atoms with Gasteiger partial charge in [-0.15, -0.1) is 11.6 Å². The van der Waals surface area contributed by atoms with Crippen molar-refractivity contribution in [1.29, 1.82) is 0 Å². The molecule has 1 saturated carbocycles. The molecule has 1 fully saturated rings. The average molecular weight is 296 g/mol. The first kappa shape index (κ1) is 14.2. The zero-order chi connectivity index (χ0) is 14.7. The topological polar surface area (TPSA) is 12.9 Å². The van der Waals surface area contributed by atoms with Gasteiger partial charge in [-0.25, -0.2) is 4.98 Å². The summed E-state index contributed by atoms with van der Waals surface area (Å²) < 4.78 is 0. The Morgan fingerprint density at radius 2 is 1.71 bits per heavy atom. The van der Waals surface area contributed by atoms with E-state index in [9.17, 15) is 0 Å². The van der Waals surface area contributed by atoms with Crippen molar-refractivity contribution >= 4 is 11.6 Å². The van der Waals surface area contributed by atoms with E-state index < -0.39 is 0 Å². The molecular weight excluding hydrogens is 278 g/mol. The highest BCUT2D eigenvalue weighted by atomic mass is 35.5. The molecule has 1 nitrogen and oxygen atoms in total. The second kappa shape index (κ2) is 5.92. The minimum Gasteiger partial charge on any atom is -0.245 e. The van der Waals surface area contributed by atoms with Crippen LogP contribution in [0.25, 0.3) is 0 Å². The van der Waals surface area contributed by atoms with Gasteiger partial charge >= 0.3 is 0 Å². The van der Waals surface area contributed by atoms with Gasteiger partial charge in [0.15, 0.2) is 0 Å². The van der Waals surface area contributed by atoms with E-state index in [1.807, 2.05) is 25.1 Å². The minimum absolute atomic E-state index is 0.149. The van der Waals surface area contributed by atoms with E-state index >= 15 is 0 Å². The standard InChI is InChI=1S/C19H18ClN/c1-15-5-4-6-18(21-15)12-9-16-7-10-17(11-8-16)19(20)13-2-3-14-19/h4-8,10-11H,2-3,13-14H2,1H3. The number of hydrogen-bond donors (Lipinski definition) is 0. The normalized spacial score (nSPS) is 16.3. The first-order valence-electron chi connectivity index (χ1n) is 7.41. The maximum Gasteiger partial charge on any atom is 0.113 e. The Bertz CT molecular complexity index is 685. The molecule has 1 aromatic carbocycles. The molecule has 1 heterocycles. The summed E-state index contributed by atoms with van der Waals surface area (Å²) in [5, 5.41) is 0. The SMILES string of the molecule is Cc1cccc(C#Cc2ccc(C3(Cl)CCCC3)cc2)n1. The lowest BCUT2D eigenvalue weighted by molar-refractivity contribution is 0.637. The fourth-order valence-corrected chi connectivity index (χ4v) is 3.22. The quantitative estimate of drug-likeness (QED) is 0.544. The molecule has 0 radical (unpaired) electrons. The molecule has 0 N–H and O–H groups in total.